The molecule has 0 aliphatic heterocycles. The second-order valence-electron chi connectivity index (χ2n) is 4.40. The van der Waals surface area contributed by atoms with E-state index >= 15 is 0 Å². The molecule has 4 heteroatoms. The highest BCUT2D eigenvalue weighted by Crippen LogP contribution is 2.28. The normalized spacial score (nSPS) is 10.3. The Morgan fingerprint density at radius 3 is 2.47 bits per heavy atom. The smallest absolute Gasteiger partial charge is 0.131 e. The van der Waals surface area contributed by atoms with Crippen LogP contribution in [-0.4, -0.2) is 5.84 Å². The minimum atomic E-state index is 0.0583. The number of nitrogens with two attached hydrogens (primary N) is 1. The number of nitrogen functional groups attached to an aromatic ring is 1. The minimum Gasteiger partial charge on any atom is -0.457 e. The molecule has 3 N–H and O–H groups in total. The van der Waals surface area contributed by atoms with Crippen LogP contribution in [0.15, 0.2) is 36.4 Å². The Morgan fingerprint density at radius 2 is 1.84 bits per heavy atom. The van der Waals surface area contributed by atoms with E-state index in [0.29, 0.717) is 10.8 Å². The van der Waals surface area contributed by atoms with Gasteiger partial charge in [0.05, 0.1) is 0 Å². The van der Waals surface area contributed by atoms with Crippen molar-refractivity contribution in [3.8, 4) is 11.5 Å². The highest BCUT2D eigenvalue weighted by atomic mass is 35.5. The fourth-order valence-electron chi connectivity index (χ4n) is 1.81. The lowest BCUT2D eigenvalue weighted by atomic mass is 10.1. The van der Waals surface area contributed by atoms with E-state index in [-0.39, 0.29) is 5.84 Å². The van der Waals surface area contributed by atoms with E-state index in [4.69, 9.17) is 27.5 Å². The second-order valence-corrected chi connectivity index (χ2v) is 4.84. The molecule has 0 saturated heterocycles. The van der Waals surface area contributed by atoms with E-state index in [2.05, 4.69) is 0 Å². The van der Waals surface area contributed by atoms with Crippen LogP contribution in [0.4, 0.5) is 0 Å². The molecule has 0 aliphatic carbocycles. The van der Waals surface area contributed by atoms with Crippen molar-refractivity contribution in [2.24, 2.45) is 5.73 Å². The number of aryl methyl sites for hydroxylation is 2. The van der Waals surface area contributed by atoms with Gasteiger partial charge >= 0.3 is 0 Å². The molecule has 0 radical (unpaired) electrons. The molecular weight excluding hydrogens is 260 g/mol. The highest BCUT2D eigenvalue weighted by molar-refractivity contribution is 6.30. The molecule has 98 valence electrons. The van der Waals surface area contributed by atoms with Gasteiger partial charge in [0.1, 0.15) is 17.3 Å². The third-order valence-electron chi connectivity index (χ3n) is 2.87. The van der Waals surface area contributed by atoms with E-state index in [1.165, 1.54) is 0 Å². The third-order valence-corrected chi connectivity index (χ3v) is 3.10. The average Bonchev–Trinajstić information content (AvgIpc) is 2.33. The van der Waals surface area contributed by atoms with E-state index in [1.807, 2.05) is 32.0 Å². The predicted molar refractivity (Wildman–Crippen MR) is 78.5 cm³/mol. The van der Waals surface area contributed by atoms with Gasteiger partial charge in [0.25, 0.3) is 0 Å². The van der Waals surface area contributed by atoms with Gasteiger partial charge in [0.2, 0.25) is 0 Å². The number of hydrogen-bond donors (Lipinski definition) is 2. The Hall–Kier alpha value is -2.00. The first kappa shape index (κ1) is 13.4. The summed E-state index contributed by atoms with van der Waals surface area (Å²) in [7, 11) is 0. The van der Waals surface area contributed by atoms with Crippen LogP contribution >= 0.6 is 11.6 Å². The first-order valence-electron chi connectivity index (χ1n) is 5.86. The molecule has 2 aromatic carbocycles. The van der Waals surface area contributed by atoms with Crippen molar-refractivity contribution in [2.45, 2.75) is 13.8 Å². The van der Waals surface area contributed by atoms with Crippen LogP contribution in [-0.2, 0) is 0 Å². The molecule has 2 rings (SSSR count). The van der Waals surface area contributed by atoms with Gasteiger partial charge in [0.15, 0.2) is 0 Å². The first-order valence-corrected chi connectivity index (χ1v) is 6.24. The van der Waals surface area contributed by atoms with Crippen molar-refractivity contribution in [1.29, 1.82) is 5.41 Å². The maximum Gasteiger partial charge on any atom is 0.131 e. The molecule has 0 fully saturated rings. The van der Waals surface area contributed by atoms with Crippen molar-refractivity contribution >= 4 is 17.4 Å². The number of hydrogen-bond acceptors (Lipinski definition) is 2. The molecule has 0 saturated carbocycles. The fourth-order valence-corrected chi connectivity index (χ4v) is 1.97. The van der Waals surface area contributed by atoms with Gasteiger partial charge in [-0.25, -0.2) is 0 Å². The van der Waals surface area contributed by atoms with Gasteiger partial charge in [-0.1, -0.05) is 17.7 Å². The van der Waals surface area contributed by atoms with E-state index in [0.717, 1.165) is 22.4 Å². The summed E-state index contributed by atoms with van der Waals surface area (Å²) in [6, 6.07) is 11.0. The molecule has 19 heavy (non-hydrogen) atoms. The monoisotopic (exact) mass is 274 g/mol. The number of amidine groups is 1. The summed E-state index contributed by atoms with van der Waals surface area (Å²) in [5.74, 6) is 1.48. The SMILES string of the molecule is Cc1ccc(Cl)cc1Oc1ccc(C(=N)N)c(C)c1. The summed E-state index contributed by atoms with van der Waals surface area (Å²) in [6.07, 6.45) is 0. The van der Waals surface area contributed by atoms with Crippen LogP contribution in [0.1, 0.15) is 16.7 Å². The van der Waals surface area contributed by atoms with E-state index in [1.54, 1.807) is 18.2 Å². The molecular formula is C15H15ClN2O. The highest BCUT2D eigenvalue weighted by Gasteiger charge is 2.06. The lowest BCUT2D eigenvalue weighted by Gasteiger charge is -2.11. The summed E-state index contributed by atoms with van der Waals surface area (Å²) in [4.78, 5) is 0. The van der Waals surface area contributed by atoms with Crippen LogP contribution in [0.25, 0.3) is 0 Å². The maximum absolute atomic E-state index is 7.45. The number of nitrogens with one attached hydrogen (secondary N) is 1. The van der Waals surface area contributed by atoms with Crippen molar-refractivity contribution in [3.63, 3.8) is 0 Å². The number of rotatable bonds is 3. The zero-order valence-corrected chi connectivity index (χ0v) is 11.6. The summed E-state index contributed by atoms with van der Waals surface area (Å²) in [5.41, 5.74) is 8.12. The van der Waals surface area contributed by atoms with Gasteiger partial charge in [-0.05, 0) is 55.3 Å². The number of benzene rings is 2. The molecule has 0 spiro atoms. The maximum atomic E-state index is 7.45. The van der Waals surface area contributed by atoms with Gasteiger partial charge in [0, 0.05) is 10.6 Å². The van der Waals surface area contributed by atoms with Crippen LogP contribution in [0.5, 0.6) is 11.5 Å². The third kappa shape index (κ3) is 3.06. The van der Waals surface area contributed by atoms with Crippen molar-refractivity contribution in [2.75, 3.05) is 0 Å². The van der Waals surface area contributed by atoms with Crippen molar-refractivity contribution < 1.29 is 4.74 Å². The van der Waals surface area contributed by atoms with Gasteiger partial charge in [-0.3, -0.25) is 5.41 Å². The second kappa shape index (κ2) is 5.33. The van der Waals surface area contributed by atoms with Gasteiger partial charge < -0.3 is 10.5 Å². The van der Waals surface area contributed by atoms with Gasteiger partial charge in [-0.2, -0.15) is 0 Å². The zero-order valence-electron chi connectivity index (χ0n) is 10.8. The summed E-state index contributed by atoms with van der Waals surface area (Å²) in [6.45, 7) is 3.86. The zero-order chi connectivity index (χ0) is 14.0. The Kier molecular flexibility index (Phi) is 3.76. The molecule has 2 aromatic rings. The predicted octanol–water partition coefficient (Wildman–Crippen LogP) is 4.03. The quantitative estimate of drug-likeness (QED) is 0.656. The molecule has 0 atom stereocenters. The molecule has 0 aromatic heterocycles. The van der Waals surface area contributed by atoms with E-state index < -0.39 is 0 Å². The Bertz CT molecular complexity index is 638. The first-order chi connectivity index (χ1) is 8.97. The van der Waals surface area contributed by atoms with Gasteiger partial charge in [-0.15, -0.1) is 0 Å². The molecule has 3 nitrogen and oxygen atoms in total. The van der Waals surface area contributed by atoms with Crippen LogP contribution in [0, 0.1) is 19.3 Å². The molecule has 0 heterocycles. The van der Waals surface area contributed by atoms with E-state index in [9.17, 15) is 0 Å². The summed E-state index contributed by atoms with van der Waals surface area (Å²) >= 11 is 5.96. The van der Waals surface area contributed by atoms with Crippen molar-refractivity contribution in [1.82, 2.24) is 0 Å². The topological polar surface area (TPSA) is 59.1 Å². The lowest BCUT2D eigenvalue weighted by molar-refractivity contribution is 0.478. The number of halogens is 1. The van der Waals surface area contributed by atoms with Crippen LogP contribution in [0.2, 0.25) is 5.02 Å². The fraction of sp³-hybridized carbons (Fsp3) is 0.133. The van der Waals surface area contributed by atoms with Crippen LogP contribution < -0.4 is 10.5 Å². The summed E-state index contributed by atoms with van der Waals surface area (Å²) in [5, 5.41) is 8.09. The average molecular weight is 275 g/mol. The largest absolute Gasteiger partial charge is 0.457 e. The standard InChI is InChI=1S/C15H15ClN2O/c1-9-3-4-11(16)8-14(9)19-12-5-6-13(15(17)18)10(2)7-12/h3-8H,1-2H3,(H3,17,18). The molecule has 0 aliphatic rings. The summed E-state index contributed by atoms with van der Waals surface area (Å²) < 4.78 is 5.81. The Labute approximate surface area is 117 Å². The Balaban J connectivity index is 2.31. The molecule has 0 unspecified atom stereocenters. The lowest BCUT2D eigenvalue weighted by Crippen LogP contribution is -2.12. The minimum absolute atomic E-state index is 0.0583. The molecule has 0 bridgehead atoms. The number of ether oxygens (including phenoxy) is 1. The van der Waals surface area contributed by atoms with Crippen LogP contribution in [0.3, 0.4) is 0 Å². The Morgan fingerprint density at radius 1 is 1.11 bits per heavy atom. The molecule has 0 amide bonds. The van der Waals surface area contributed by atoms with Crippen molar-refractivity contribution in [3.05, 3.63) is 58.1 Å².